The van der Waals surface area contributed by atoms with Crippen LogP contribution in [0.4, 0.5) is 0 Å². The van der Waals surface area contributed by atoms with Crippen LogP contribution in [-0.4, -0.2) is 37.6 Å². The Hall–Kier alpha value is -1.79. The molecule has 1 fully saturated rings. The predicted octanol–water partition coefficient (Wildman–Crippen LogP) is 3.49. The molecule has 0 aliphatic carbocycles. The second-order valence-electron chi connectivity index (χ2n) is 6.67. The van der Waals surface area contributed by atoms with Crippen molar-refractivity contribution < 1.29 is 9.53 Å². The number of benzene rings is 2. The van der Waals surface area contributed by atoms with E-state index in [1.54, 1.807) is 7.11 Å². The van der Waals surface area contributed by atoms with Crippen molar-refractivity contribution in [3.05, 3.63) is 65.7 Å². The van der Waals surface area contributed by atoms with Crippen LogP contribution in [0, 0.1) is 0 Å². The van der Waals surface area contributed by atoms with Crippen LogP contribution < -0.4 is 15.8 Å². The number of amides is 1. The molecule has 2 atom stereocenters. The number of nitrogens with one attached hydrogen (secondary N) is 1. The molecule has 1 saturated heterocycles. The van der Waals surface area contributed by atoms with Crippen molar-refractivity contribution in [1.29, 1.82) is 0 Å². The fraction of sp³-hybridized carbons (Fsp3) is 0.381. The Kier molecular flexibility index (Phi) is 10.3. The average molecular weight is 426 g/mol. The first kappa shape index (κ1) is 24.2. The van der Waals surface area contributed by atoms with Gasteiger partial charge in [-0.3, -0.25) is 9.69 Å². The summed E-state index contributed by atoms with van der Waals surface area (Å²) < 4.78 is 5.36. The molecule has 1 aliphatic heterocycles. The Balaban J connectivity index is 0.00000196. The van der Waals surface area contributed by atoms with Gasteiger partial charge in [0.05, 0.1) is 13.2 Å². The number of carbonyl (C=O) groups excluding carboxylic acids is 1. The number of halogens is 2. The van der Waals surface area contributed by atoms with Gasteiger partial charge < -0.3 is 15.8 Å². The maximum absolute atomic E-state index is 12.5. The lowest BCUT2D eigenvalue weighted by molar-refractivity contribution is -0.122. The van der Waals surface area contributed by atoms with E-state index >= 15 is 0 Å². The largest absolute Gasteiger partial charge is 0.497 e. The van der Waals surface area contributed by atoms with Gasteiger partial charge in [-0.15, -0.1) is 24.8 Å². The smallest absolute Gasteiger partial charge is 0.241 e. The van der Waals surface area contributed by atoms with Crippen molar-refractivity contribution in [2.75, 3.05) is 26.7 Å². The number of nitrogens with zero attached hydrogens (tertiary/aromatic N) is 1. The zero-order chi connectivity index (χ0) is 18.4. The molecule has 0 bridgehead atoms. The highest BCUT2D eigenvalue weighted by molar-refractivity contribution is 5.85. The van der Waals surface area contributed by atoms with Crippen molar-refractivity contribution in [1.82, 2.24) is 10.2 Å². The minimum atomic E-state index is -0.652. The van der Waals surface area contributed by atoms with Gasteiger partial charge in [-0.25, -0.2) is 0 Å². The second-order valence-corrected chi connectivity index (χ2v) is 6.67. The zero-order valence-electron chi connectivity index (χ0n) is 16.0. The molecule has 2 unspecified atom stereocenters. The minimum Gasteiger partial charge on any atom is -0.497 e. The van der Waals surface area contributed by atoms with Gasteiger partial charge in [0, 0.05) is 6.54 Å². The van der Waals surface area contributed by atoms with Gasteiger partial charge in [-0.2, -0.15) is 0 Å². The van der Waals surface area contributed by atoms with Crippen molar-refractivity contribution in [3.8, 4) is 5.75 Å². The number of hydrogen-bond acceptors (Lipinski definition) is 4. The molecule has 154 valence electrons. The van der Waals surface area contributed by atoms with E-state index in [1.165, 1.54) is 12.8 Å². The van der Waals surface area contributed by atoms with Crippen LogP contribution in [0.2, 0.25) is 0 Å². The lowest BCUT2D eigenvalue weighted by Gasteiger charge is -2.29. The van der Waals surface area contributed by atoms with Gasteiger partial charge in [0.15, 0.2) is 0 Å². The van der Waals surface area contributed by atoms with Crippen molar-refractivity contribution in [2.24, 2.45) is 5.73 Å². The summed E-state index contributed by atoms with van der Waals surface area (Å²) in [6.45, 7) is 2.62. The number of rotatable bonds is 7. The van der Waals surface area contributed by atoms with Crippen LogP contribution >= 0.6 is 24.8 Å². The molecule has 1 heterocycles. The molecule has 2 aromatic carbocycles. The number of likely N-dealkylation sites (tertiary alicyclic amines) is 1. The monoisotopic (exact) mass is 425 g/mol. The Morgan fingerprint density at radius 3 is 2.36 bits per heavy atom. The highest BCUT2D eigenvalue weighted by Crippen LogP contribution is 2.27. The molecule has 0 aromatic heterocycles. The normalized spacial score (nSPS) is 15.6. The van der Waals surface area contributed by atoms with Crippen molar-refractivity contribution in [2.45, 2.75) is 24.9 Å². The number of carbonyl (C=O) groups is 1. The third kappa shape index (κ3) is 6.11. The van der Waals surface area contributed by atoms with E-state index in [2.05, 4.69) is 16.3 Å². The molecule has 3 rings (SSSR count). The first-order chi connectivity index (χ1) is 12.7. The molecule has 0 saturated carbocycles. The van der Waals surface area contributed by atoms with Crippen molar-refractivity contribution in [3.63, 3.8) is 0 Å². The summed E-state index contributed by atoms with van der Waals surface area (Å²) >= 11 is 0. The van der Waals surface area contributed by atoms with Gasteiger partial charge >= 0.3 is 0 Å². The van der Waals surface area contributed by atoms with E-state index in [-0.39, 0.29) is 36.8 Å². The summed E-state index contributed by atoms with van der Waals surface area (Å²) in [5, 5.41) is 3.05. The van der Waals surface area contributed by atoms with Gasteiger partial charge in [0.2, 0.25) is 5.91 Å². The third-order valence-electron chi connectivity index (χ3n) is 4.97. The molecule has 3 N–H and O–H groups in total. The van der Waals surface area contributed by atoms with Crippen LogP contribution in [0.25, 0.3) is 0 Å². The lowest BCUT2D eigenvalue weighted by Crippen LogP contribution is -2.40. The second kappa shape index (κ2) is 11.9. The standard InChI is InChI=1S/C21H27N3O2.2ClH/c1-26-18-11-7-10-17(14-18)19(24-12-5-6-13-24)15-23-21(25)20(22)16-8-3-2-4-9-16;;/h2-4,7-11,14,19-20H,5-6,12-13,15,22H2,1H3,(H,23,25);2*1H. The summed E-state index contributed by atoms with van der Waals surface area (Å²) in [6, 6.07) is 17.0. The quantitative estimate of drug-likeness (QED) is 0.712. The van der Waals surface area contributed by atoms with Crippen LogP contribution in [0.5, 0.6) is 5.75 Å². The van der Waals surface area contributed by atoms with Gasteiger partial charge in [-0.1, -0.05) is 42.5 Å². The van der Waals surface area contributed by atoms with Gasteiger partial charge in [0.25, 0.3) is 0 Å². The maximum Gasteiger partial charge on any atom is 0.241 e. The highest BCUT2D eigenvalue weighted by atomic mass is 35.5. The summed E-state index contributed by atoms with van der Waals surface area (Å²) in [4.78, 5) is 15.0. The van der Waals surface area contributed by atoms with E-state index in [1.807, 2.05) is 48.5 Å². The fourth-order valence-electron chi connectivity index (χ4n) is 3.48. The molecule has 0 radical (unpaired) electrons. The Bertz CT molecular complexity index is 725. The van der Waals surface area contributed by atoms with Gasteiger partial charge in [0.1, 0.15) is 11.8 Å². The van der Waals surface area contributed by atoms with Crippen LogP contribution in [0.1, 0.15) is 36.1 Å². The first-order valence-electron chi connectivity index (χ1n) is 9.15. The molecular weight excluding hydrogens is 397 g/mol. The molecule has 0 spiro atoms. The molecule has 28 heavy (non-hydrogen) atoms. The fourth-order valence-corrected chi connectivity index (χ4v) is 3.48. The van der Waals surface area contributed by atoms with Crippen LogP contribution in [-0.2, 0) is 4.79 Å². The van der Waals surface area contributed by atoms with Crippen LogP contribution in [0.3, 0.4) is 0 Å². The minimum absolute atomic E-state index is 0. The molecule has 1 amide bonds. The number of methoxy groups -OCH3 is 1. The average Bonchev–Trinajstić information content (AvgIpc) is 3.22. The van der Waals surface area contributed by atoms with E-state index < -0.39 is 6.04 Å². The third-order valence-corrected chi connectivity index (χ3v) is 4.97. The Morgan fingerprint density at radius 1 is 1.07 bits per heavy atom. The Labute approximate surface area is 179 Å². The maximum atomic E-state index is 12.5. The number of hydrogen-bond donors (Lipinski definition) is 2. The van der Waals surface area contributed by atoms with E-state index in [0.29, 0.717) is 6.54 Å². The summed E-state index contributed by atoms with van der Waals surface area (Å²) in [7, 11) is 1.67. The predicted molar refractivity (Wildman–Crippen MR) is 117 cm³/mol. The number of nitrogens with two attached hydrogens (primary N) is 1. The van der Waals surface area contributed by atoms with Gasteiger partial charge in [-0.05, 0) is 49.2 Å². The highest BCUT2D eigenvalue weighted by Gasteiger charge is 2.25. The van der Waals surface area contributed by atoms with Crippen LogP contribution in [0.15, 0.2) is 54.6 Å². The summed E-state index contributed by atoms with van der Waals surface area (Å²) in [5.74, 6) is 0.683. The number of ether oxygens (including phenoxy) is 1. The van der Waals surface area contributed by atoms with E-state index in [4.69, 9.17) is 10.5 Å². The molecule has 7 heteroatoms. The van der Waals surface area contributed by atoms with E-state index in [0.717, 1.165) is 30.0 Å². The molecule has 2 aromatic rings. The summed E-state index contributed by atoms with van der Waals surface area (Å²) in [5.41, 5.74) is 8.09. The zero-order valence-corrected chi connectivity index (χ0v) is 17.7. The van der Waals surface area contributed by atoms with E-state index in [9.17, 15) is 4.79 Å². The molecule has 1 aliphatic rings. The lowest BCUT2D eigenvalue weighted by atomic mass is 10.0. The SMILES string of the molecule is COc1cccc(C(CNC(=O)C(N)c2ccccc2)N2CCCC2)c1.Cl.Cl. The first-order valence-corrected chi connectivity index (χ1v) is 9.15. The Morgan fingerprint density at radius 2 is 1.71 bits per heavy atom. The van der Waals surface area contributed by atoms with Crippen molar-refractivity contribution >= 4 is 30.7 Å². The molecule has 5 nitrogen and oxygen atoms in total. The summed E-state index contributed by atoms with van der Waals surface area (Å²) in [6.07, 6.45) is 2.38. The molecular formula is C21H29Cl2N3O2. The topological polar surface area (TPSA) is 67.6 Å².